The molecule has 2 N–H and O–H groups in total. The molecule has 0 unspecified atom stereocenters. The molecule has 0 saturated heterocycles. The molecule has 3 rings (SSSR count). The van der Waals surface area contributed by atoms with Crippen LogP contribution >= 0.6 is 0 Å². The molecule has 124 valence electrons. The summed E-state index contributed by atoms with van der Waals surface area (Å²) >= 11 is 0. The highest BCUT2D eigenvalue weighted by Gasteiger charge is 2.53. The summed E-state index contributed by atoms with van der Waals surface area (Å²) in [7, 11) is 0. The second-order valence-electron chi connectivity index (χ2n) is 6.96. The van der Waals surface area contributed by atoms with Gasteiger partial charge in [0, 0.05) is 6.54 Å². The van der Waals surface area contributed by atoms with E-state index >= 15 is 0 Å². The van der Waals surface area contributed by atoms with Gasteiger partial charge in [0.15, 0.2) is 0 Å². The number of aliphatic carboxylic acids is 1. The number of benzene rings is 1. The molecule has 2 saturated carbocycles. The van der Waals surface area contributed by atoms with E-state index in [2.05, 4.69) is 17.4 Å². The summed E-state index contributed by atoms with van der Waals surface area (Å²) in [6.45, 7) is 0.645. The number of carboxylic acid groups (broad SMARTS) is 1. The number of carbonyl (C=O) groups is 2. The first-order valence-corrected chi connectivity index (χ1v) is 8.71. The lowest BCUT2D eigenvalue weighted by Gasteiger charge is -2.27. The summed E-state index contributed by atoms with van der Waals surface area (Å²) < 4.78 is 0. The Morgan fingerprint density at radius 3 is 2.43 bits per heavy atom. The van der Waals surface area contributed by atoms with Gasteiger partial charge in [0.05, 0.1) is 11.8 Å². The lowest BCUT2D eigenvalue weighted by Crippen LogP contribution is -2.41. The van der Waals surface area contributed by atoms with E-state index in [9.17, 15) is 14.7 Å². The molecule has 0 heterocycles. The highest BCUT2D eigenvalue weighted by atomic mass is 16.4. The second kappa shape index (κ2) is 7.16. The first-order valence-electron chi connectivity index (χ1n) is 8.71. The number of rotatable bonds is 7. The van der Waals surface area contributed by atoms with Crippen LogP contribution in [0.4, 0.5) is 0 Å². The Labute approximate surface area is 137 Å². The van der Waals surface area contributed by atoms with Crippen LogP contribution in [-0.4, -0.2) is 23.5 Å². The molecule has 1 aromatic carbocycles. The number of hydrogen-bond acceptors (Lipinski definition) is 2. The van der Waals surface area contributed by atoms with E-state index in [1.54, 1.807) is 0 Å². The molecule has 0 radical (unpaired) electrons. The van der Waals surface area contributed by atoms with Gasteiger partial charge in [-0.1, -0.05) is 30.3 Å². The van der Waals surface area contributed by atoms with Crippen LogP contribution in [0.5, 0.6) is 0 Å². The first-order chi connectivity index (χ1) is 11.2. The smallest absolute Gasteiger partial charge is 0.307 e. The minimum atomic E-state index is -0.790. The predicted molar refractivity (Wildman–Crippen MR) is 87.8 cm³/mol. The van der Waals surface area contributed by atoms with Crippen molar-refractivity contribution < 1.29 is 14.7 Å². The summed E-state index contributed by atoms with van der Waals surface area (Å²) in [6.07, 6.45) is 5.89. The molecule has 1 aromatic rings. The molecule has 2 bridgehead atoms. The number of nitrogens with one attached hydrogen (secondary N) is 1. The fourth-order valence-electron chi connectivity index (χ4n) is 4.45. The zero-order chi connectivity index (χ0) is 16.2. The van der Waals surface area contributed by atoms with Gasteiger partial charge in [0.25, 0.3) is 0 Å². The second-order valence-corrected chi connectivity index (χ2v) is 6.96. The number of fused-ring (bicyclic) bond motifs is 2. The maximum absolute atomic E-state index is 12.4. The minimum Gasteiger partial charge on any atom is -0.481 e. The van der Waals surface area contributed by atoms with Gasteiger partial charge in [0.2, 0.25) is 5.91 Å². The Balaban J connectivity index is 1.42. The minimum absolute atomic E-state index is 0.0377. The topological polar surface area (TPSA) is 66.4 Å². The normalized spacial score (nSPS) is 28.7. The third kappa shape index (κ3) is 3.57. The average molecular weight is 315 g/mol. The number of carbonyl (C=O) groups excluding carboxylic acids is 1. The first kappa shape index (κ1) is 16.0. The molecule has 4 atom stereocenters. The molecular formula is C19H25NO3. The van der Waals surface area contributed by atoms with Crippen LogP contribution in [0.2, 0.25) is 0 Å². The standard InChI is InChI=1S/C19H25NO3/c21-18(16-14-9-10-15(12-14)17(16)19(22)23)20-11-5-4-8-13-6-2-1-3-7-13/h1-3,6-7,14-17H,4-5,8-12H2,(H,20,21)(H,22,23)/t14-,15+,16-,17+/m0/s1. The predicted octanol–water partition coefficient (Wildman–Crippen LogP) is 2.87. The number of amides is 1. The summed E-state index contributed by atoms with van der Waals surface area (Å²) in [5, 5.41) is 12.4. The van der Waals surface area contributed by atoms with E-state index in [1.165, 1.54) is 5.56 Å². The van der Waals surface area contributed by atoms with Crippen molar-refractivity contribution in [1.82, 2.24) is 5.32 Å². The van der Waals surface area contributed by atoms with E-state index in [1.807, 2.05) is 18.2 Å². The van der Waals surface area contributed by atoms with Crippen molar-refractivity contribution in [1.29, 1.82) is 0 Å². The average Bonchev–Trinajstić information content (AvgIpc) is 3.16. The van der Waals surface area contributed by atoms with Crippen LogP contribution in [0.3, 0.4) is 0 Å². The number of unbranched alkanes of at least 4 members (excludes halogenated alkanes) is 1. The third-order valence-corrected chi connectivity index (χ3v) is 5.54. The molecular weight excluding hydrogens is 290 g/mol. The molecule has 0 aromatic heterocycles. The summed E-state index contributed by atoms with van der Waals surface area (Å²) in [4.78, 5) is 23.9. The monoisotopic (exact) mass is 315 g/mol. The van der Waals surface area contributed by atoms with Crippen molar-refractivity contribution >= 4 is 11.9 Å². The van der Waals surface area contributed by atoms with Gasteiger partial charge in [0.1, 0.15) is 0 Å². The van der Waals surface area contributed by atoms with Gasteiger partial charge >= 0.3 is 5.97 Å². The highest BCUT2D eigenvalue weighted by molar-refractivity contribution is 5.86. The molecule has 23 heavy (non-hydrogen) atoms. The number of hydrogen-bond donors (Lipinski definition) is 2. The summed E-state index contributed by atoms with van der Waals surface area (Å²) in [5.41, 5.74) is 1.32. The van der Waals surface area contributed by atoms with Crippen LogP contribution in [0, 0.1) is 23.7 Å². The summed E-state index contributed by atoms with van der Waals surface area (Å²) in [5.74, 6) is -1.10. The molecule has 4 nitrogen and oxygen atoms in total. The van der Waals surface area contributed by atoms with Crippen molar-refractivity contribution in [3.63, 3.8) is 0 Å². The fourth-order valence-corrected chi connectivity index (χ4v) is 4.45. The molecule has 1 amide bonds. The Morgan fingerprint density at radius 2 is 1.74 bits per heavy atom. The van der Waals surface area contributed by atoms with Crippen LogP contribution < -0.4 is 5.32 Å². The van der Waals surface area contributed by atoms with Gasteiger partial charge < -0.3 is 10.4 Å². The molecule has 2 aliphatic carbocycles. The maximum atomic E-state index is 12.4. The van der Waals surface area contributed by atoms with Gasteiger partial charge in [-0.05, 0) is 55.9 Å². The third-order valence-electron chi connectivity index (χ3n) is 5.54. The lowest BCUT2D eigenvalue weighted by molar-refractivity contribution is -0.149. The summed E-state index contributed by atoms with van der Waals surface area (Å²) in [6, 6.07) is 10.3. The van der Waals surface area contributed by atoms with Crippen molar-refractivity contribution in [3.8, 4) is 0 Å². The van der Waals surface area contributed by atoms with Gasteiger partial charge in [-0.15, -0.1) is 0 Å². The van der Waals surface area contributed by atoms with E-state index in [0.717, 1.165) is 38.5 Å². The van der Waals surface area contributed by atoms with E-state index in [-0.39, 0.29) is 23.7 Å². The Bertz CT molecular complexity index is 557. The van der Waals surface area contributed by atoms with E-state index < -0.39 is 11.9 Å². The molecule has 0 aliphatic heterocycles. The SMILES string of the molecule is O=C(O)[C@@H]1[C@@H]2CC[C@@H](C2)[C@@H]1C(=O)NCCCCc1ccccc1. The Kier molecular flexibility index (Phi) is 4.99. The van der Waals surface area contributed by atoms with Crippen LogP contribution in [0.25, 0.3) is 0 Å². The van der Waals surface area contributed by atoms with Crippen LogP contribution in [0.15, 0.2) is 30.3 Å². The number of aryl methyl sites for hydroxylation is 1. The van der Waals surface area contributed by atoms with Gasteiger partial charge in [-0.2, -0.15) is 0 Å². The molecule has 0 spiro atoms. The highest BCUT2D eigenvalue weighted by Crippen LogP contribution is 2.52. The molecule has 2 fully saturated rings. The zero-order valence-corrected chi connectivity index (χ0v) is 13.4. The maximum Gasteiger partial charge on any atom is 0.307 e. The van der Waals surface area contributed by atoms with Crippen LogP contribution in [0.1, 0.15) is 37.7 Å². The molecule has 4 heteroatoms. The van der Waals surface area contributed by atoms with Crippen LogP contribution in [-0.2, 0) is 16.0 Å². The van der Waals surface area contributed by atoms with E-state index in [4.69, 9.17) is 0 Å². The fraction of sp³-hybridized carbons (Fsp3) is 0.579. The van der Waals surface area contributed by atoms with Crippen molar-refractivity contribution in [2.45, 2.75) is 38.5 Å². The van der Waals surface area contributed by atoms with Gasteiger partial charge in [-0.25, -0.2) is 0 Å². The number of carboxylic acids is 1. The molecule has 2 aliphatic rings. The van der Waals surface area contributed by atoms with Crippen molar-refractivity contribution in [2.24, 2.45) is 23.7 Å². The lowest BCUT2D eigenvalue weighted by atomic mass is 9.78. The Hall–Kier alpha value is -1.84. The van der Waals surface area contributed by atoms with Gasteiger partial charge in [-0.3, -0.25) is 9.59 Å². The van der Waals surface area contributed by atoms with Crippen molar-refractivity contribution in [2.75, 3.05) is 6.54 Å². The quantitative estimate of drug-likeness (QED) is 0.760. The van der Waals surface area contributed by atoms with E-state index in [0.29, 0.717) is 6.54 Å². The van der Waals surface area contributed by atoms with Crippen molar-refractivity contribution in [3.05, 3.63) is 35.9 Å². The largest absolute Gasteiger partial charge is 0.481 e. The zero-order valence-electron chi connectivity index (χ0n) is 13.4. The Morgan fingerprint density at radius 1 is 1.04 bits per heavy atom.